The molecule has 2 heterocycles. The number of nitrogens with zero attached hydrogens (tertiary/aromatic N) is 4. The van der Waals surface area contributed by atoms with Crippen molar-refractivity contribution in [3.63, 3.8) is 0 Å². The molecule has 4 nitrogen and oxygen atoms in total. The Hall–Kier alpha value is -1.82. The minimum absolute atomic E-state index is 0.0981. The van der Waals surface area contributed by atoms with Crippen LogP contribution in [-0.2, 0) is 0 Å². The Bertz CT molecular complexity index is 620. The van der Waals surface area contributed by atoms with Crippen LogP contribution < -0.4 is 0 Å². The molecule has 112 valence electrons. The van der Waals surface area contributed by atoms with Crippen molar-refractivity contribution in [3.05, 3.63) is 42.0 Å². The minimum Gasteiger partial charge on any atom is -0.294 e. The van der Waals surface area contributed by atoms with Crippen molar-refractivity contribution in [1.82, 2.24) is 19.7 Å². The van der Waals surface area contributed by atoms with E-state index >= 15 is 0 Å². The molecule has 0 aliphatic carbocycles. The fourth-order valence-electron chi connectivity index (χ4n) is 2.82. The van der Waals surface area contributed by atoms with E-state index in [1.165, 1.54) is 31.7 Å². The van der Waals surface area contributed by atoms with Gasteiger partial charge >= 0.3 is 0 Å². The largest absolute Gasteiger partial charge is 0.294 e. The summed E-state index contributed by atoms with van der Waals surface area (Å²) >= 11 is 0. The van der Waals surface area contributed by atoms with Crippen LogP contribution in [0.2, 0.25) is 0 Å². The molecule has 0 amide bonds. The fourth-order valence-corrected chi connectivity index (χ4v) is 2.82. The zero-order chi connectivity index (χ0) is 14.8. The molecule has 6 heteroatoms. The second-order valence-corrected chi connectivity index (χ2v) is 5.40. The van der Waals surface area contributed by atoms with Crippen LogP contribution in [0.4, 0.5) is 8.78 Å². The van der Waals surface area contributed by atoms with E-state index in [4.69, 9.17) is 0 Å². The molecule has 0 radical (unpaired) electrons. The van der Waals surface area contributed by atoms with Crippen molar-refractivity contribution in [2.45, 2.75) is 32.2 Å². The van der Waals surface area contributed by atoms with E-state index < -0.39 is 11.6 Å². The molecule has 21 heavy (non-hydrogen) atoms. The quantitative estimate of drug-likeness (QED) is 0.871. The van der Waals surface area contributed by atoms with E-state index in [1.54, 1.807) is 4.68 Å². The molecule has 0 saturated carbocycles. The van der Waals surface area contributed by atoms with Crippen LogP contribution in [0.3, 0.4) is 0 Å². The first-order valence-electron chi connectivity index (χ1n) is 7.26. The number of aromatic nitrogens is 3. The van der Waals surface area contributed by atoms with Gasteiger partial charge in [-0.25, -0.2) is 18.4 Å². The Labute approximate surface area is 122 Å². The van der Waals surface area contributed by atoms with Gasteiger partial charge in [0.15, 0.2) is 11.6 Å². The Balaban J connectivity index is 1.90. The Kier molecular flexibility index (Phi) is 3.96. The average Bonchev–Trinajstić information content (AvgIpc) is 2.99. The van der Waals surface area contributed by atoms with Gasteiger partial charge in [0.25, 0.3) is 0 Å². The highest BCUT2D eigenvalue weighted by Crippen LogP contribution is 2.24. The smallest absolute Gasteiger partial charge is 0.160 e. The van der Waals surface area contributed by atoms with Gasteiger partial charge in [-0.1, -0.05) is 6.42 Å². The molecule has 1 fully saturated rings. The van der Waals surface area contributed by atoms with Gasteiger partial charge in [-0.05, 0) is 45.0 Å². The Morgan fingerprint density at radius 1 is 1.10 bits per heavy atom. The Morgan fingerprint density at radius 2 is 1.86 bits per heavy atom. The first-order valence-corrected chi connectivity index (χ1v) is 7.26. The highest BCUT2D eigenvalue weighted by Gasteiger charge is 2.23. The zero-order valence-corrected chi connectivity index (χ0v) is 12.0. The second-order valence-electron chi connectivity index (χ2n) is 5.40. The summed E-state index contributed by atoms with van der Waals surface area (Å²) < 4.78 is 28.1. The molecule has 0 unspecified atom stereocenters. The third kappa shape index (κ3) is 2.81. The van der Waals surface area contributed by atoms with E-state index in [-0.39, 0.29) is 6.04 Å². The standard InChI is InChI=1S/C15H18F2N4/c1-11(20-7-3-2-4-8-20)15-18-10-19-21(15)12-5-6-13(16)14(17)9-12/h5-6,9-11H,2-4,7-8H2,1H3/t11-/m1/s1. The van der Waals surface area contributed by atoms with Crippen molar-refractivity contribution in [1.29, 1.82) is 0 Å². The number of benzene rings is 1. The molecule has 3 rings (SSSR count). The maximum atomic E-state index is 13.4. The summed E-state index contributed by atoms with van der Waals surface area (Å²) in [5, 5.41) is 4.16. The molecular formula is C15H18F2N4. The molecule has 0 N–H and O–H groups in total. The number of rotatable bonds is 3. The van der Waals surface area contributed by atoms with Crippen LogP contribution in [0.5, 0.6) is 0 Å². The maximum Gasteiger partial charge on any atom is 0.160 e. The van der Waals surface area contributed by atoms with Gasteiger partial charge in [-0.15, -0.1) is 0 Å². The molecule has 1 atom stereocenters. The summed E-state index contributed by atoms with van der Waals surface area (Å²) in [6.45, 7) is 4.14. The monoisotopic (exact) mass is 292 g/mol. The number of piperidine rings is 1. The van der Waals surface area contributed by atoms with Crippen LogP contribution in [0.1, 0.15) is 38.1 Å². The van der Waals surface area contributed by atoms with Crippen LogP contribution in [0, 0.1) is 11.6 Å². The average molecular weight is 292 g/mol. The first-order chi connectivity index (χ1) is 10.2. The molecule has 1 saturated heterocycles. The molecule has 1 aliphatic heterocycles. The number of hydrogen-bond acceptors (Lipinski definition) is 3. The SMILES string of the molecule is C[C@H](c1ncnn1-c1ccc(F)c(F)c1)N1CCCCC1. The predicted molar refractivity (Wildman–Crippen MR) is 75.1 cm³/mol. The van der Waals surface area contributed by atoms with Crippen LogP contribution in [-0.4, -0.2) is 32.8 Å². The van der Waals surface area contributed by atoms with Gasteiger partial charge in [0, 0.05) is 6.07 Å². The lowest BCUT2D eigenvalue weighted by Gasteiger charge is -2.31. The summed E-state index contributed by atoms with van der Waals surface area (Å²) in [5.74, 6) is -0.980. The van der Waals surface area contributed by atoms with E-state index in [0.717, 1.165) is 31.0 Å². The van der Waals surface area contributed by atoms with Crippen LogP contribution in [0.25, 0.3) is 5.69 Å². The van der Waals surface area contributed by atoms with Gasteiger partial charge in [0.1, 0.15) is 12.2 Å². The summed E-state index contributed by atoms with van der Waals surface area (Å²) in [5.41, 5.74) is 0.491. The molecule has 1 aromatic heterocycles. The predicted octanol–water partition coefficient (Wildman–Crippen LogP) is 3.09. The fraction of sp³-hybridized carbons (Fsp3) is 0.467. The summed E-state index contributed by atoms with van der Waals surface area (Å²) in [7, 11) is 0. The van der Waals surface area contributed by atoms with Gasteiger partial charge in [-0.2, -0.15) is 5.10 Å². The highest BCUT2D eigenvalue weighted by atomic mass is 19.2. The van der Waals surface area contributed by atoms with Crippen molar-refractivity contribution >= 4 is 0 Å². The van der Waals surface area contributed by atoms with E-state index in [0.29, 0.717) is 5.69 Å². The molecule has 2 aromatic rings. The van der Waals surface area contributed by atoms with Crippen molar-refractivity contribution in [2.24, 2.45) is 0 Å². The lowest BCUT2D eigenvalue weighted by molar-refractivity contribution is 0.167. The molecular weight excluding hydrogens is 274 g/mol. The summed E-state index contributed by atoms with van der Waals surface area (Å²) in [4.78, 5) is 6.66. The number of hydrogen-bond donors (Lipinski definition) is 0. The zero-order valence-electron chi connectivity index (χ0n) is 12.0. The van der Waals surface area contributed by atoms with Crippen LogP contribution >= 0.6 is 0 Å². The second kappa shape index (κ2) is 5.89. The third-order valence-electron chi connectivity index (χ3n) is 4.03. The third-order valence-corrected chi connectivity index (χ3v) is 4.03. The summed E-state index contributed by atoms with van der Waals surface area (Å²) in [6.07, 6.45) is 5.09. The van der Waals surface area contributed by atoms with E-state index in [2.05, 4.69) is 21.9 Å². The van der Waals surface area contributed by atoms with Crippen LogP contribution in [0.15, 0.2) is 24.5 Å². The van der Waals surface area contributed by atoms with Crippen molar-refractivity contribution in [2.75, 3.05) is 13.1 Å². The molecule has 0 spiro atoms. The molecule has 1 aliphatic rings. The van der Waals surface area contributed by atoms with Gasteiger partial charge in [0.2, 0.25) is 0 Å². The van der Waals surface area contributed by atoms with Gasteiger partial charge < -0.3 is 0 Å². The molecule has 0 bridgehead atoms. The van der Waals surface area contributed by atoms with Gasteiger partial charge in [0.05, 0.1) is 11.7 Å². The van der Waals surface area contributed by atoms with Gasteiger partial charge in [-0.3, -0.25) is 4.90 Å². The van der Waals surface area contributed by atoms with E-state index in [1.807, 2.05) is 0 Å². The summed E-state index contributed by atoms with van der Waals surface area (Å²) in [6, 6.07) is 3.87. The normalized spacial score (nSPS) is 17.9. The number of halogens is 2. The first kappa shape index (κ1) is 14.1. The lowest BCUT2D eigenvalue weighted by atomic mass is 10.1. The molecule has 1 aromatic carbocycles. The van der Waals surface area contributed by atoms with Crippen molar-refractivity contribution in [3.8, 4) is 5.69 Å². The Morgan fingerprint density at radius 3 is 2.57 bits per heavy atom. The van der Waals surface area contributed by atoms with E-state index in [9.17, 15) is 8.78 Å². The topological polar surface area (TPSA) is 34.0 Å². The van der Waals surface area contributed by atoms with Crippen molar-refractivity contribution < 1.29 is 8.78 Å². The minimum atomic E-state index is -0.875. The highest BCUT2D eigenvalue weighted by molar-refractivity contribution is 5.32. The number of likely N-dealkylation sites (tertiary alicyclic amines) is 1. The maximum absolute atomic E-state index is 13.4. The lowest BCUT2D eigenvalue weighted by Crippen LogP contribution is -2.33.